The smallest absolute Gasteiger partial charge is 0.137 e. The zero-order chi connectivity index (χ0) is 14.8. The summed E-state index contributed by atoms with van der Waals surface area (Å²) in [5, 5.41) is 3.34. The van der Waals surface area contributed by atoms with Crippen LogP contribution in [0.3, 0.4) is 0 Å². The number of hydrogen-bond acceptors (Lipinski definition) is 4. The topological polar surface area (TPSA) is 41.1 Å². The molecule has 2 heterocycles. The van der Waals surface area contributed by atoms with Crippen molar-refractivity contribution in [1.82, 2.24) is 9.97 Å². The Labute approximate surface area is 126 Å². The van der Waals surface area contributed by atoms with Gasteiger partial charge in [-0.25, -0.2) is 9.97 Å². The molecule has 0 radical (unpaired) electrons. The molecule has 1 N–H and O–H groups in total. The Bertz CT molecular complexity index is 651. The van der Waals surface area contributed by atoms with Crippen LogP contribution in [0, 0.1) is 13.8 Å². The number of nitrogens with zero attached hydrogens (tertiary/aromatic N) is 3. The fourth-order valence-electron chi connectivity index (χ4n) is 2.94. The highest BCUT2D eigenvalue weighted by molar-refractivity contribution is 5.59. The van der Waals surface area contributed by atoms with Crippen LogP contribution in [0.5, 0.6) is 0 Å². The summed E-state index contributed by atoms with van der Waals surface area (Å²) in [5.41, 5.74) is 4.01. The molecule has 3 rings (SSSR count). The van der Waals surface area contributed by atoms with Gasteiger partial charge in [0.1, 0.15) is 17.5 Å². The molecule has 1 aromatic carbocycles. The van der Waals surface area contributed by atoms with E-state index in [1.807, 2.05) is 6.92 Å². The maximum absolute atomic E-state index is 4.69. The van der Waals surface area contributed by atoms with Gasteiger partial charge in [0.2, 0.25) is 0 Å². The van der Waals surface area contributed by atoms with Gasteiger partial charge in [0.05, 0.1) is 0 Å². The molecule has 0 saturated heterocycles. The highest BCUT2D eigenvalue weighted by atomic mass is 15.2. The third-order valence-corrected chi connectivity index (χ3v) is 4.01. The molecule has 110 valence electrons. The van der Waals surface area contributed by atoms with E-state index in [1.165, 1.54) is 11.1 Å². The van der Waals surface area contributed by atoms with E-state index in [4.69, 9.17) is 0 Å². The summed E-state index contributed by atoms with van der Waals surface area (Å²) in [6.07, 6.45) is 1.08. The van der Waals surface area contributed by atoms with Gasteiger partial charge < -0.3 is 10.2 Å². The summed E-state index contributed by atoms with van der Waals surface area (Å²) in [6, 6.07) is 8.69. The maximum Gasteiger partial charge on any atom is 0.137 e. The van der Waals surface area contributed by atoms with Gasteiger partial charge in [0, 0.05) is 25.2 Å². The van der Waals surface area contributed by atoms with Crippen LogP contribution in [0.25, 0.3) is 0 Å². The first kappa shape index (κ1) is 13.9. The van der Waals surface area contributed by atoms with Gasteiger partial charge in [-0.15, -0.1) is 0 Å². The van der Waals surface area contributed by atoms with Crippen LogP contribution in [-0.2, 0) is 13.0 Å². The minimum Gasteiger partial charge on any atom is -0.370 e. The summed E-state index contributed by atoms with van der Waals surface area (Å²) in [6.45, 7) is 8.97. The molecule has 21 heavy (non-hydrogen) atoms. The molecular formula is C17H22N4. The number of hydrogen-bond donors (Lipinski definition) is 1. The summed E-state index contributed by atoms with van der Waals surface area (Å²) in [4.78, 5) is 11.6. The molecule has 0 fully saturated rings. The van der Waals surface area contributed by atoms with Gasteiger partial charge in [-0.3, -0.25) is 0 Å². The van der Waals surface area contributed by atoms with E-state index >= 15 is 0 Å². The van der Waals surface area contributed by atoms with Gasteiger partial charge in [-0.2, -0.15) is 0 Å². The number of benzene rings is 1. The maximum atomic E-state index is 4.69. The fourth-order valence-corrected chi connectivity index (χ4v) is 2.94. The number of anilines is 2. The average molecular weight is 282 g/mol. The summed E-state index contributed by atoms with van der Waals surface area (Å²) < 4.78 is 0. The van der Waals surface area contributed by atoms with Gasteiger partial charge in [0.25, 0.3) is 0 Å². The van der Waals surface area contributed by atoms with Crippen LogP contribution in [0.2, 0.25) is 0 Å². The molecule has 1 aromatic heterocycles. The number of aryl methyl sites for hydroxylation is 1. The average Bonchev–Trinajstić information content (AvgIpc) is 2.50. The van der Waals surface area contributed by atoms with E-state index in [2.05, 4.69) is 58.3 Å². The largest absolute Gasteiger partial charge is 0.370 e. The molecule has 0 atom stereocenters. The predicted molar refractivity (Wildman–Crippen MR) is 86.9 cm³/mol. The van der Waals surface area contributed by atoms with E-state index in [0.717, 1.165) is 49.1 Å². The Balaban J connectivity index is 1.95. The lowest BCUT2D eigenvalue weighted by Crippen LogP contribution is -2.32. The van der Waals surface area contributed by atoms with Crippen molar-refractivity contribution < 1.29 is 0 Å². The van der Waals surface area contributed by atoms with Gasteiger partial charge in [-0.1, -0.05) is 24.3 Å². The molecule has 0 bridgehead atoms. The Kier molecular flexibility index (Phi) is 3.78. The minimum atomic E-state index is 0.824. The first-order chi connectivity index (χ1) is 10.2. The molecule has 1 aliphatic heterocycles. The Morgan fingerprint density at radius 1 is 1.14 bits per heavy atom. The van der Waals surface area contributed by atoms with Crippen molar-refractivity contribution in [3.05, 3.63) is 46.8 Å². The molecule has 0 unspecified atom stereocenters. The van der Waals surface area contributed by atoms with Crippen LogP contribution in [0.15, 0.2) is 24.3 Å². The van der Waals surface area contributed by atoms with Crippen LogP contribution in [0.4, 0.5) is 11.6 Å². The number of rotatable bonds is 3. The lowest BCUT2D eigenvalue weighted by Gasteiger charge is -2.31. The second-order valence-corrected chi connectivity index (χ2v) is 5.54. The molecule has 4 heteroatoms. The number of fused-ring (bicyclic) bond motifs is 1. The number of aromatic nitrogens is 2. The summed E-state index contributed by atoms with van der Waals surface area (Å²) in [5.74, 6) is 2.84. The van der Waals surface area contributed by atoms with Crippen molar-refractivity contribution in [1.29, 1.82) is 0 Å². The molecule has 0 spiro atoms. The third-order valence-electron chi connectivity index (χ3n) is 4.01. The first-order valence-electron chi connectivity index (χ1n) is 7.60. The zero-order valence-electron chi connectivity index (χ0n) is 13.0. The number of nitrogens with one attached hydrogen (secondary N) is 1. The molecular weight excluding hydrogens is 260 g/mol. The molecule has 0 aliphatic carbocycles. The standard InChI is InChI=1S/C17H22N4/c1-4-18-16-12(2)17(20-13(3)19-16)21-10-9-14-7-5-6-8-15(14)11-21/h5-8H,4,9-11H2,1-3H3,(H,18,19,20). The van der Waals surface area contributed by atoms with Gasteiger partial charge in [-0.05, 0) is 38.3 Å². The molecule has 1 aliphatic rings. The van der Waals surface area contributed by atoms with Crippen molar-refractivity contribution in [2.75, 3.05) is 23.3 Å². The first-order valence-corrected chi connectivity index (χ1v) is 7.60. The van der Waals surface area contributed by atoms with Crippen molar-refractivity contribution in [2.24, 2.45) is 0 Å². The summed E-state index contributed by atoms with van der Waals surface area (Å²) >= 11 is 0. The van der Waals surface area contributed by atoms with Gasteiger partial charge >= 0.3 is 0 Å². The Morgan fingerprint density at radius 3 is 2.67 bits per heavy atom. The second kappa shape index (κ2) is 5.72. The van der Waals surface area contributed by atoms with Crippen LogP contribution < -0.4 is 10.2 Å². The highest BCUT2D eigenvalue weighted by Gasteiger charge is 2.20. The lowest BCUT2D eigenvalue weighted by molar-refractivity contribution is 0.714. The highest BCUT2D eigenvalue weighted by Crippen LogP contribution is 2.28. The van der Waals surface area contributed by atoms with Crippen LogP contribution in [0.1, 0.15) is 29.4 Å². The Morgan fingerprint density at radius 2 is 1.90 bits per heavy atom. The van der Waals surface area contributed by atoms with E-state index in [-0.39, 0.29) is 0 Å². The van der Waals surface area contributed by atoms with Crippen LogP contribution >= 0.6 is 0 Å². The van der Waals surface area contributed by atoms with Crippen molar-refractivity contribution in [3.63, 3.8) is 0 Å². The summed E-state index contributed by atoms with van der Waals surface area (Å²) in [7, 11) is 0. The van der Waals surface area contributed by atoms with Gasteiger partial charge in [0.15, 0.2) is 0 Å². The van der Waals surface area contributed by atoms with E-state index < -0.39 is 0 Å². The Hall–Kier alpha value is -2.10. The van der Waals surface area contributed by atoms with Crippen molar-refractivity contribution in [2.45, 2.75) is 33.7 Å². The quantitative estimate of drug-likeness (QED) is 0.939. The fraction of sp³-hybridized carbons (Fsp3) is 0.412. The van der Waals surface area contributed by atoms with Crippen LogP contribution in [-0.4, -0.2) is 23.1 Å². The zero-order valence-corrected chi connectivity index (χ0v) is 13.0. The second-order valence-electron chi connectivity index (χ2n) is 5.54. The third kappa shape index (κ3) is 2.71. The molecule has 0 amide bonds. The molecule has 0 saturated carbocycles. The van der Waals surface area contributed by atoms with Crippen molar-refractivity contribution >= 4 is 11.6 Å². The van der Waals surface area contributed by atoms with E-state index in [9.17, 15) is 0 Å². The normalized spacial score (nSPS) is 14.0. The molecule has 2 aromatic rings. The van der Waals surface area contributed by atoms with E-state index in [0.29, 0.717) is 0 Å². The monoisotopic (exact) mass is 282 g/mol. The lowest BCUT2D eigenvalue weighted by atomic mass is 10.00. The van der Waals surface area contributed by atoms with E-state index in [1.54, 1.807) is 0 Å². The SMILES string of the molecule is CCNc1nc(C)nc(N2CCc3ccccc3C2)c1C. The van der Waals surface area contributed by atoms with Crippen molar-refractivity contribution in [3.8, 4) is 0 Å². The minimum absolute atomic E-state index is 0.824. The molecule has 4 nitrogen and oxygen atoms in total. The predicted octanol–water partition coefficient (Wildman–Crippen LogP) is 3.09.